The Hall–Kier alpha value is -0.740. The number of hydrogen-bond donors (Lipinski definition) is 1. The standard InChI is InChI=1S/C12H16Cl2N2O2/c1-10(2,3)7-5-8(16-18-7)15-9(17)11(4)6-12(11,13)14/h5H,6H2,1-4H3,(H,15,16,17)/t11-/m0/s1. The molecule has 0 unspecified atom stereocenters. The second-order valence-corrected chi connectivity index (χ2v) is 7.48. The molecule has 0 bridgehead atoms. The van der Waals surface area contributed by atoms with E-state index in [1.165, 1.54) is 0 Å². The summed E-state index contributed by atoms with van der Waals surface area (Å²) in [6, 6.07) is 1.72. The summed E-state index contributed by atoms with van der Waals surface area (Å²) in [7, 11) is 0. The van der Waals surface area contributed by atoms with Crippen LogP contribution < -0.4 is 5.32 Å². The number of aromatic nitrogens is 1. The van der Waals surface area contributed by atoms with Gasteiger partial charge in [0.1, 0.15) is 10.1 Å². The van der Waals surface area contributed by atoms with E-state index in [0.717, 1.165) is 0 Å². The number of alkyl halides is 2. The quantitative estimate of drug-likeness (QED) is 0.848. The van der Waals surface area contributed by atoms with E-state index in [-0.39, 0.29) is 11.3 Å². The average Bonchev–Trinajstić information content (AvgIpc) is 2.62. The van der Waals surface area contributed by atoms with Crippen LogP contribution in [0.25, 0.3) is 0 Å². The highest BCUT2D eigenvalue weighted by molar-refractivity contribution is 6.53. The average molecular weight is 291 g/mol. The molecule has 1 aromatic heterocycles. The Labute approximate surface area is 116 Å². The lowest BCUT2D eigenvalue weighted by Crippen LogP contribution is -2.26. The van der Waals surface area contributed by atoms with Crippen molar-refractivity contribution in [3.8, 4) is 0 Å². The Kier molecular flexibility index (Phi) is 2.95. The minimum Gasteiger partial charge on any atom is -0.359 e. The van der Waals surface area contributed by atoms with Gasteiger partial charge in [-0.3, -0.25) is 4.79 Å². The number of carbonyl (C=O) groups excluding carboxylic acids is 1. The molecule has 0 aliphatic heterocycles. The van der Waals surface area contributed by atoms with Crippen molar-refractivity contribution in [1.82, 2.24) is 5.16 Å². The normalized spacial score (nSPS) is 25.9. The molecule has 6 heteroatoms. The molecule has 1 heterocycles. The molecule has 0 radical (unpaired) electrons. The molecule has 1 saturated carbocycles. The highest BCUT2D eigenvalue weighted by Gasteiger charge is 2.68. The number of anilines is 1. The van der Waals surface area contributed by atoms with Crippen LogP contribution in [0.15, 0.2) is 10.6 Å². The van der Waals surface area contributed by atoms with Crippen molar-refractivity contribution in [2.75, 3.05) is 5.32 Å². The summed E-state index contributed by atoms with van der Waals surface area (Å²) in [5, 5.41) is 6.50. The summed E-state index contributed by atoms with van der Waals surface area (Å²) in [6.07, 6.45) is 0.443. The first kappa shape index (κ1) is 13.7. The third-order valence-electron chi connectivity index (χ3n) is 3.25. The first-order chi connectivity index (χ1) is 8.06. The maximum Gasteiger partial charge on any atom is 0.234 e. The Bertz CT molecular complexity index is 491. The van der Waals surface area contributed by atoms with E-state index in [2.05, 4.69) is 10.5 Å². The van der Waals surface area contributed by atoms with Gasteiger partial charge in [-0.15, -0.1) is 23.2 Å². The summed E-state index contributed by atoms with van der Waals surface area (Å²) >= 11 is 11.9. The first-order valence-corrected chi connectivity index (χ1v) is 6.48. The molecule has 1 aromatic rings. The molecule has 1 amide bonds. The van der Waals surface area contributed by atoms with Crippen LogP contribution >= 0.6 is 23.2 Å². The van der Waals surface area contributed by atoms with Crippen molar-refractivity contribution in [2.24, 2.45) is 5.41 Å². The second kappa shape index (κ2) is 3.87. The maximum atomic E-state index is 12.0. The lowest BCUT2D eigenvalue weighted by molar-refractivity contribution is -0.120. The number of nitrogens with one attached hydrogen (secondary N) is 1. The molecule has 0 aromatic carbocycles. The molecule has 18 heavy (non-hydrogen) atoms. The van der Waals surface area contributed by atoms with Gasteiger partial charge < -0.3 is 9.84 Å². The summed E-state index contributed by atoms with van der Waals surface area (Å²) in [5.74, 6) is 0.866. The number of halogens is 2. The van der Waals surface area contributed by atoms with Gasteiger partial charge in [0.15, 0.2) is 5.82 Å². The molecule has 4 nitrogen and oxygen atoms in total. The molecule has 1 aliphatic carbocycles. The molecule has 0 spiro atoms. The Balaban J connectivity index is 2.08. The molecular formula is C12H16Cl2N2O2. The van der Waals surface area contributed by atoms with E-state index in [9.17, 15) is 4.79 Å². The third kappa shape index (κ3) is 2.24. The van der Waals surface area contributed by atoms with Crippen LogP contribution in [0.1, 0.15) is 39.9 Å². The zero-order chi connectivity index (χ0) is 13.8. The Morgan fingerprint density at radius 2 is 2.06 bits per heavy atom. The zero-order valence-corrected chi connectivity index (χ0v) is 12.3. The lowest BCUT2D eigenvalue weighted by Gasteiger charge is -2.12. The van der Waals surface area contributed by atoms with Crippen molar-refractivity contribution in [3.63, 3.8) is 0 Å². The van der Waals surface area contributed by atoms with Crippen LogP contribution in [0.4, 0.5) is 5.82 Å². The summed E-state index contributed by atoms with van der Waals surface area (Å²) < 4.78 is 4.21. The molecule has 2 rings (SSSR count). The van der Waals surface area contributed by atoms with Crippen LogP contribution in [-0.2, 0) is 10.2 Å². The SMILES string of the molecule is CC(C)(C)c1cc(NC(=O)[C@]2(C)CC2(Cl)Cl)no1. The van der Waals surface area contributed by atoms with Crippen molar-refractivity contribution in [1.29, 1.82) is 0 Å². The van der Waals surface area contributed by atoms with E-state index >= 15 is 0 Å². The van der Waals surface area contributed by atoms with Crippen LogP contribution in [-0.4, -0.2) is 15.4 Å². The van der Waals surface area contributed by atoms with Gasteiger partial charge in [0.25, 0.3) is 0 Å². The second-order valence-electron chi connectivity index (χ2n) is 5.99. The molecule has 100 valence electrons. The van der Waals surface area contributed by atoms with Crippen molar-refractivity contribution in [3.05, 3.63) is 11.8 Å². The van der Waals surface area contributed by atoms with E-state index < -0.39 is 9.75 Å². The number of hydrogen-bond acceptors (Lipinski definition) is 3. The largest absolute Gasteiger partial charge is 0.359 e. The molecule has 1 fully saturated rings. The van der Waals surface area contributed by atoms with Crippen molar-refractivity contribution in [2.45, 2.75) is 43.9 Å². The van der Waals surface area contributed by atoms with Gasteiger partial charge in [-0.1, -0.05) is 25.9 Å². The number of carbonyl (C=O) groups is 1. The lowest BCUT2D eigenvalue weighted by atomic mass is 9.93. The highest BCUT2D eigenvalue weighted by atomic mass is 35.5. The number of amides is 1. The van der Waals surface area contributed by atoms with Crippen LogP contribution in [0.5, 0.6) is 0 Å². The van der Waals surface area contributed by atoms with E-state index in [1.807, 2.05) is 20.8 Å². The predicted octanol–water partition coefficient (Wildman–Crippen LogP) is 3.49. The number of nitrogens with zero attached hydrogens (tertiary/aromatic N) is 1. The van der Waals surface area contributed by atoms with Gasteiger partial charge in [0, 0.05) is 11.5 Å². The Morgan fingerprint density at radius 1 is 1.50 bits per heavy atom. The van der Waals surface area contributed by atoms with Crippen LogP contribution in [0.3, 0.4) is 0 Å². The number of rotatable bonds is 2. The van der Waals surface area contributed by atoms with Gasteiger partial charge in [-0.05, 0) is 13.3 Å². The van der Waals surface area contributed by atoms with Gasteiger partial charge >= 0.3 is 0 Å². The molecule has 1 atom stereocenters. The van der Waals surface area contributed by atoms with E-state index in [4.69, 9.17) is 27.7 Å². The Morgan fingerprint density at radius 3 is 2.44 bits per heavy atom. The summed E-state index contributed by atoms with van der Waals surface area (Å²) in [4.78, 5) is 12.0. The van der Waals surface area contributed by atoms with Gasteiger partial charge in [-0.2, -0.15) is 0 Å². The first-order valence-electron chi connectivity index (χ1n) is 5.73. The zero-order valence-electron chi connectivity index (χ0n) is 10.8. The predicted molar refractivity (Wildman–Crippen MR) is 71.0 cm³/mol. The molecule has 1 aliphatic rings. The van der Waals surface area contributed by atoms with Gasteiger partial charge in [0.05, 0.1) is 5.41 Å². The van der Waals surface area contributed by atoms with E-state index in [0.29, 0.717) is 18.0 Å². The van der Waals surface area contributed by atoms with Crippen LogP contribution in [0, 0.1) is 5.41 Å². The molecular weight excluding hydrogens is 275 g/mol. The summed E-state index contributed by atoms with van der Waals surface area (Å²) in [6.45, 7) is 7.74. The fourth-order valence-corrected chi connectivity index (χ4v) is 2.29. The van der Waals surface area contributed by atoms with E-state index in [1.54, 1.807) is 13.0 Å². The van der Waals surface area contributed by atoms with Gasteiger partial charge in [-0.25, -0.2) is 0 Å². The van der Waals surface area contributed by atoms with Gasteiger partial charge in [0.2, 0.25) is 5.91 Å². The van der Waals surface area contributed by atoms with Crippen molar-refractivity contribution < 1.29 is 9.32 Å². The minimum atomic E-state index is -0.978. The summed E-state index contributed by atoms with van der Waals surface area (Å²) in [5.41, 5.74) is -0.904. The fraction of sp³-hybridized carbons (Fsp3) is 0.667. The monoisotopic (exact) mass is 290 g/mol. The van der Waals surface area contributed by atoms with Crippen molar-refractivity contribution >= 4 is 34.9 Å². The topological polar surface area (TPSA) is 55.1 Å². The smallest absolute Gasteiger partial charge is 0.234 e. The van der Waals surface area contributed by atoms with Crippen LogP contribution in [0.2, 0.25) is 0 Å². The minimum absolute atomic E-state index is 0.151. The molecule has 0 saturated heterocycles. The fourth-order valence-electron chi connectivity index (χ4n) is 1.59. The third-order valence-corrected chi connectivity index (χ3v) is 4.35. The molecule has 1 N–H and O–H groups in total. The highest BCUT2D eigenvalue weighted by Crippen LogP contribution is 2.64. The maximum absolute atomic E-state index is 12.0.